The van der Waals surface area contributed by atoms with Gasteiger partial charge in [0.25, 0.3) is 11.1 Å². The van der Waals surface area contributed by atoms with Crippen LogP contribution in [-0.2, 0) is 21.1 Å². The summed E-state index contributed by atoms with van der Waals surface area (Å²) in [4.78, 5) is 55.1. The van der Waals surface area contributed by atoms with Crippen molar-refractivity contribution in [1.82, 2.24) is 28.2 Å². The van der Waals surface area contributed by atoms with Gasteiger partial charge in [-0.1, -0.05) is 12.1 Å². The Labute approximate surface area is 182 Å². The Morgan fingerprint density at radius 3 is 2.48 bits per heavy atom. The van der Waals surface area contributed by atoms with Crippen molar-refractivity contribution in [3.05, 3.63) is 77.3 Å². The Bertz CT molecular complexity index is 1690. The molecule has 3 N–H and O–H groups in total. The molecule has 0 aliphatic heterocycles. The van der Waals surface area contributed by atoms with E-state index in [1.807, 2.05) is 4.98 Å². The number of H-pyrrole nitrogens is 1. The van der Waals surface area contributed by atoms with E-state index >= 15 is 0 Å². The third kappa shape index (κ3) is 3.33. The first-order chi connectivity index (χ1) is 15.6. The molecule has 0 saturated carbocycles. The molecule has 0 aliphatic carbocycles. The standard InChI is InChI=1S/C19H17FN8O5/c1-25-12-13(26(2)19(33)27(3)16(12)31)22-17(25)24-21-8-9-14(29)23-18(32)28(15(9)30)11-7-5-4-6-10(11)20/h4-8,30H,1-3H3,(H,22,24)(H,23,29,32). The molecule has 170 valence electrons. The van der Waals surface area contributed by atoms with Crippen molar-refractivity contribution in [2.75, 3.05) is 5.43 Å². The lowest BCUT2D eigenvalue weighted by Gasteiger charge is -2.10. The largest absolute Gasteiger partial charge is 0.493 e. The highest BCUT2D eigenvalue weighted by molar-refractivity contribution is 5.83. The van der Waals surface area contributed by atoms with E-state index in [0.717, 1.165) is 16.8 Å². The number of aromatic amines is 1. The maximum absolute atomic E-state index is 14.1. The van der Waals surface area contributed by atoms with Gasteiger partial charge >= 0.3 is 11.4 Å². The SMILES string of the molecule is Cn1c(=O)c2c(nc(NN=Cc3c(O)n(-c4ccccc4F)c(=O)[nH]c3=O)n2C)n(C)c1=O. The Morgan fingerprint density at radius 2 is 1.79 bits per heavy atom. The van der Waals surface area contributed by atoms with E-state index in [1.165, 1.54) is 48.5 Å². The molecule has 0 radical (unpaired) electrons. The average Bonchev–Trinajstić information content (AvgIpc) is 3.10. The summed E-state index contributed by atoms with van der Waals surface area (Å²) in [6.07, 6.45) is 0.904. The molecule has 33 heavy (non-hydrogen) atoms. The quantitative estimate of drug-likeness (QED) is 0.265. The summed E-state index contributed by atoms with van der Waals surface area (Å²) in [5.41, 5.74) is -1.08. The van der Waals surface area contributed by atoms with Crippen molar-refractivity contribution >= 4 is 23.3 Å². The highest BCUT2D eigenvalue weighted by Gasteiger charge is 2.18. The van der Waals surface area contributed by atoms with Gasteiger partial charge < -0.3 is 9.67 Å². The van der Waals surface area contributed by atoms with Crippen LogP contribution in [0.3, 0.4) is 0 Å². The maximum Gasteiger partial charge on any atom is 0.335 e. The number of nitrogens with zero attached hydrogens (tertiary/aromatic N) is 6. The van der Waals surface area contributed by atoms with E-state index in [-0.39, 0.29) is 22.8 Å². The van der Waals surface area contributed by atoms with Gasteiger partial charge in [0.1, 0.15) is 11.4 Å². The minimum absolute atomic E-state index is 0.0536. The number of para-hydroxylation sites is 1. The Morgan fingerprint density at radius 1 is 1.09 bits per heavy atom. The minimum atomic E-state index is -1.04. The molecule has 0 amide bonds. The molecule has 0 aliphatic rings. The number of rotatable bonds is 4. The smallest absolute Gasteiger partial charge is 0.335 e. The van der Waals surface area contributed by atoms with Gasteiger partial charge in [-0.25, -0.2) is 24.0 Å². The van der Waals surface area contributed by atoms with Gasteiger partial charge in [0.05, 0.1) is 11.9 Å². The van der Waals surface area contributed by atoms with Crippen LogP contribution >= 0.6 is 0 Å². The van der Waals surface area contributed by atoms with Crippen LogP contribution < -0.4 is 27.9 Å². The number of benzene rings is 1. The van der Waals surface area contributed by atoms with Crippen LogP contribution in [0.4, 0.5) is 10.3 Å². The van der Waals surface area contributed by atoms with Gasteiger partial charge in [-0.15, -0.1) is 0 Å². The Balaban J connectivity index is 1.78. The summed E-state index contributed by atoms with van der Waals surface area (Å²) >= 11 is 0. The number of aryl methyl sites for hydroxylation is 2. The topological polar surface area (TPSA) is 161 Å². The number of halogens is 1. The van der Waals surface area contributed by atoms with E-state index in [1.54, 1.807) is 0 Å². The highest BCUT2D eigenvalue weighted by Crippen LogP contribution is 2.18. The second-order valence-electron chi connectivity index (χ2n) is 7.03. The van der Waals surface area contributed by atoms with Crippen LogP contribution in [0.5, 0.6) is 5.88 Å². The molecular formula is C19H17FN8O5. The van der Waals surface area contributed by atoms with E-state index in [9.17, 15) is 28.7 Å². The van der Waals surface area contributed by atoms with Crippen LogP contribution in [-0.4, -0.2) is 39.6 Å². The van der Waals surface area contributed by atoms with Crippen molar-refractivity contribution in [2.24, 2.45) is 26.2 Å². The molecule has 0 unspecified atom stereocenters. The van der Waals surface area contributed by atoms with Crippen molar-refractivity contribution in [1.29, 1.82) is 0 Å². The molecule has 0 saturated heterocycles. The molecular weight excluding hydrogens is 439 g/mol. The predicted molar refractivity (Wildman–Crippen MR) is 117 cm³/mol. The molecule has 1 aromatic carbocycles. The first-order valence-corrected chi connectivity index (χ1v) is 9.38. The number of hydrogen-bond acceptors (Lipinski definition) is 8. The molecule has 4 rings (SSSR count). The molecule has 3 heterocycles. The van der Waals surface area contributed by atoms with Crippen molar-refractivity contribution in [2.45, 2.75) is 0 Å². The van der Waals surface area contributed by atoms with Crippen molar-refractivity contribution in [3.8, 4) is 11.6 Å². The van der Waals surface area contributed by atoms with Gasteiger partial charge in [-0.05, 0) is 12.1 Å². The maximum atomic E-state index is 14.1. The summed E-state index contributed by atoms with van der Waals surface area (Å²) in [5.74, 6) is -1.58. The summed E-state index contributed by atoms with van der Waals surface area (Å²) in [7, 11) is 4.30. The Kier molecular flexibility index (Phi) is 5.04. The summed E-state index contributed by atoms with van der Waals surface area (Å²) in [5, 5.41) is 14.3. The third-order valence-corrected chi connectivity index (χ3v) is 5.05. The second-order valence-corrected chi connectivity index (χ2v) is 7.03. The van der Waals surface area contributed by atoms with Gasteiger partial charge in [0.2, 0.25) is 11.8 Å². The van der Waals surface area contributed by atoms with E-state index in [2.05, 4.69) is 15.5 Å². The number of imidazole rings is 1. The molecule has 0 bridgehead atoms. The van der Waals surface area contributed by atoms with Crippen LogP contribution in [0.2, 0.25) is 0 Å². The Hall–Kier alpha value is -4.75. The van der Waals surface area contributed by atoms with Crippen molar-refractivity contribution < 1.29 is 9.50 Å². The van der Waals surface area contributed by atoms with E-state index in [4.69, 9.17) is 0 Å². The second kappa shape index (κ2) is 7.74. The fourth-order valence-electron chi connectivity index (χ4n) is 3.28. The van der Waals surface area contributed by atoms with Crippen molar-refractivity contribution in [3.63, 3.8) is 0 Å². The lowest BCUT2D eigenvalue weighted by atomic mass is 10.2. The van der Waals surface area contributed by atoms with E-state index in [0.29, 0.717) is 4.57 Å². The molecule has 0 spiro atoms. The number of nitrogens with one attached hydrogen (secondary N) is 2. The highest BCUT2D eigenvalue weighted by atomic mass is 19.1. The zero-order valence-corrected chi connectivity index (χ0v) is 17.5. The fraction of sp³-hybridized carbons (Fsp3) is 0.158. The van der Waals surface area contributed by atoms with Crippen LogP contribution in [0.15, 0.2) is 48.5 Å². The predicted octanol–water partition coefficient (Wildman–Crippen LogP) is -0.899. The lowest BCUT2D eigenvalue weighted by molar-refractivity contribution is 0.427. The van der Waals surface area contributed by atoms with Crippen LogP contribution in [0, 0.1) is 5.82 Å². The first-order valence-electron chi connectivity index (χ1n) is 9.38. The zero-order valence-electron chi connectivity index (χ0n) is 17.5. The minimum Gasteiger partial charge on any atom is -0.493 e. The van der Waals surface area contributed by atoms with Gasteiger partial charge in [0.15, 0.2) is 11.2 Å². The number of anilines is 1. The zero-order chi connectivity index (χ0) is 24.0. The third-order valence-electron chi connectivity index (χ3n) is 5.05. The van der Waals surface area contributed by atoms with Gasteiger partial charge in [-0.2, -0.15) is 10.1 Å². The molecule has 13 nitrogen and oxygen atoms in total. The number of hydrogen-bond donors (Lipinski definition) is 3. The summed E-state index contributed by atoms with van der Waals surface area (Å²) in [6.45, 7) is 0. The van der Waals surface area contributed by atoms with Gasteiger partial charge in [-0.3, -0.25) is 23.7 Å². The first kappa shape index (κ1) is 21.5. The molecule has 4 aromatic rings. The molecule has 0 fully saturated rings. The number of fused-ring (bicyclic) bond motifs is 1. The van der Waals surface area contributed by atoms with Crippen LogP contribution in [0.1, 0.15) is 5.56 Å². The number of aromatic nitrogens is 6. The molecule has 0 atom stereocenters. The molecule has 3 aromatic heterocycles. The lowest BCUT2D eigenvalue weighted by Crippen LogP contribution is -2.37. The van der Waals surface area contributed by atoms with Gasteiger partial charge in [0, 0.05) is 21.1 Å². The fourth-order valence-corrected chi connectivity index (χ4v) is 3.28. The van der Waals surface area contributed by atoms with Crippen LogP contribution in [0.25, 0.3) is 16.9 Å². The average molecular weight is 456 g/mol. The summed E-state index contributed by atoms with van der Waals surface area (Å²) < 4.78 is 18.2. The molecule has 14 heteroatoms. The normalized spacial score (nSPS) is 11.5. The summed E-state index contributed by atoms with van der Waals surface area (Å²) in [6, 6.07) is 5.19. The number of aromatic hydroxyl groups is 1. The van der Waals surface area contributed by atoms with E-state index < -0.39 is 39.8 Å². The number of hydrazone groups is 1. The monoisotopic (exact) mass is 456 g/mol.